The first-order valence-corrected chi connectivity index (χ1v) is 18.7. The molecule has 292 valence electrons. The van der Waals surface area contributed by atoms with E-state index in [1.54, 1.807) is 24.3 Å². The molecule has 0 aliphatic carbocycles. The molecule has 0 atom stereocenters. The number of anilines is 1. The molecule has 0 aromatic heterocycles. The lowest BCUT2D eigenvalue weighted by atomic mass is 10.3. The average molecular weight is 834 g/mol. The summed E-state index contributed by atoms with van der Waals surface area (Å²) in [5, 5.41) is 2.71. The summed E-state index contributed by atoms with van der Waals surface area (Å²) < 4.78 is 72.1. The van der Waals surface area contributed by atoms with Crippen LogP contribution in [0.25, 0.3) is 0 Å². The van der Waals surface area contributed by atoms with Crippen molar-refractivity contribution in [2.75, 3.05) is 175 Å². The first kappa shape index (κ1) is 46.8. The first-order valence-electron chi connectivity index (χ1n) is 17.2. The van der Waals surface area contributed by atoms with Crippen molar-refractivity contribution in [3.8, 4) is 5.75 Å². The van der Waals surface area contributed by atoms with Gasteiger partial charge < -0.3 is 66.9 Å². The molecule has 1 N–H and O–H groups in total. The van der Waals surface area contributed by atoms with E-state index < -0.39 is 0 Å². The van der Waals surface area contributed by atoms with E-state index >= 15 is 0 Å². The molecule has 0 fully saturated rings. The lowest BCUT2D eigenvalue weighted by Gasteiger charge is -2.09. The second-order valence-corrected chi connectivity index (χ2v) is 11.2. The van der Waals surface area contributed by atoms with Crippen LogP contribution in [0.3, 0.4) is 0 Å². The zero-order chi connectivity index (χ0) is 35.8. The van der Waals surface area contributed by atoms with Crippen LogP contribution in [0.15, 0.2) is 24.3 Å². The van der Waals surface area contributed by atoms with Crippen LogP contribution in [-0.4, -0.2) is 176 Å². The van der Waals surface area contributed by atoms with Gasteiger partial charge >= 0.3 is 0 Å². The van der Waals surface area contributed by atoms with Crippen LogP contribution in [0.5, 0.6) is 5.75 Å². The van der Waals surface area contributed by atoms with Crippen molar-refractivity contribution in [3.63, 3.8) is 0 Å². The Morgan fingerprint density at radius 1 is 0.420 bits per heavy atom. The summed E-state index contributed by atoms with van der Waals surface area (Å²) in [6.45, 7) is 14.5. The van der Waals surface area contributed by atoms with Gasteiger partial charge in [-0.15, -0.1) is 0 Å². The van der Waals surface area contributed by atoms with E-state index in [0.717, 1.165) is 16.7 Å². The molecule has 0 aliphatic heterocycles. The van der Waals surface area contributed by atoms with Gasteiger partial charge in [-0.25, -0.2) is 0 Å². The number of nitrogens with one attached hydrogen (secondary N) is 1. The minimum absolute atomic E-state index is 0.108. The summed E-state index contributed by atoms with van der Waals surface area (Å²) in [6, 6.07) is 7.18. The Bertz CT molecular complexity index is 843. The molecule has 0 saturated heterocycles. The second-order valence-electron chi connectivity index (χ2n) is 10.1. The zero-order valence-electron chi connectivity index (χ0n) is 29.8. The predicted molar refractivity (Wildman–Crippen MR) is 195 cm³/mol. The number of alkyl halides is 1. The summed E-state index contributed by atoms with van der Waals surface area (Å²) in [4.78, 5) is 11.0. The summed E-state index contributed by atoms with van der Waals surface area (Å²) in [7, 11) is 0. The SMILES string of the molecule is CC(=O)Nc1ccc(OCCOCCOCCOCCOCCOCCOCCOCCOCCOCCOCCOCCOCCI)cc1. The lowest BCUT2D eigenvalue weighted by molar-refractivity contribution is -0.114. The number of hydrogen-bond acceptors (Lipinski definition) is 14. The smallest absolute Gasteiger partial charge is 0.221 e. The van der Waals surface area contributed by atoms with Crippen LogP contribution in [0.2, 0.25) is 0 Å². The Labute approximate surface area is 311 Å². The highest BCUT2D eigenvalue weighted by atomic mass is 127. The molecule has 0 aliphatic rings. The highest BCUT2D eigenvalue weighted by Crippen LogP contribution is 2.15. The van der Waals surface area contributed by atoms with Crippen molar-refractivity contribution in [2.45, 2.75) is 6.92 Å². The fourth-order valence-electron chi connectivity index (χ4n) is 3.63. The van der Waals surface area contributed by atoms with Gasteiger partial charge in [0.05, 0.1) is 159 Å². The van der Waals surface area contributed by atoms with E-state index in [2.05, 4.69) is 27.9 Å². The van der Waals surface area contributed by atoms with Crippen molar-refractivity contribution in [3.05, 3.63) is 24.3 Å². The molecule has 0 radical (unpaired) electrons. The number of benzene rings is 1. The number of halogens is 1. The van der Waals surface area contributed by atoms with Crippen LogP contribution in [0.1, 0.15) is 6.92 Å². The van der Waals surface area contributed by atoms with Crippen LogP contribution >= 0.6 is 22.6 Å². The van der Waals surface area contributed by atoms with Crippen LogP contribution in [-0.2, 0) is 61.6 Å². The largest absolute Gasteiger partial charge is 0.491 e. The van der Waals surface area contributed by atoms with Gasteiger partial charge in [-0.3, -0.25) is 4.79 Å². The number of carbonyl (C=O) groups is 1. The van der Waals surface area contributed by atoms with Crippen molar-refractivity contribution in [2.24, 2.45) is 0 Å². The van der Waals surface area contributed by atoms with Gasteiger partial charge in [-0.2, -0.15) is 0 Å². The van der Waals surface area contributed by atoms with E-state index in [0.29, 0.717) is 164 Å². The molecule has 0 bridgehead atoms. The third-order valence-electron chi connectivity index (χ3n) is 5.98. The Kier molecular flexibility index (Phi) is 36.4. The molecule has 16 heteroatoms. The van der Waals surface area contributed by atoms with E-state index in [1.807, 2.05) is 0 Å². The fourth-order valence-corrected chi connectivity index (χ4v) is 3.94. The predicted octanol–water partition coefficient (Wildman–Crippen LogP) is 2.66. The minimum atomic E-state index is -0.108. The highest BCUT2D eigenvalue weighted by Gasteiger charge is 1.99. The van der Waals surface area contributed by atoms with Crippen LogP contribution in [0.4, 0.5) is 5.69 Å². The summed E-state index contributed by atoms with van der Waals surface area (Å²) in [5.41, 5.74) is 0.731. The van der Waals surface area contributed by atoms with Crippen molar-refractivity contribution in [1.82, 2.24) is 0 Å². The molecule has 1 aromatic carbocycles. The summed E-state index contributed by atoms with van der Waals surface area (Å²) in [6.07, 6.45) is 0. The standard InChI is InChI=1S/C34H60INO14/c1-32(37)36-33-2-4-34(5-3-33)50-31-30-49-29-28-48-27-26-47-25-24-46-23-22-45-21-20-44-19-18-43-17-16-42-15-14-41-13-12-40-11-10-39-9-8-38-7-6-35/h2-5H,6-31H2,1H3,(H,36,37). The molecule has 0 saturated carbocycles. The first-order chi connectivity index (χ1) is 24.7. The Morgan fingerprint density at radius 3 is 0.900 bits per heavy atom. The molecule has 50 heavy (non-hydrogen) atoms. The van der Waals surface area contributed by atoms with Gasteiger partial charge in [0.2, 0.25) is 5.91 Å². The van der Waals surface area contributed by atoms with E-state index in [9.17, 15) is 4.79 Å². The number of carbonyl (C=O) groups excluding carboxylic acids is 1. The van der Waals surface area contributed by atoms with Crippen molar-refractivity contribution < 1.29 is 66.4 Å². The highest BCUT2D eigenvalue weighted by molar-refractivity contribution is 14.1. The van der Waals surface area contributed by atoms with Gasteiger partial charge in [-0.1, -0.05) is 22.6 Å². The quantitative estimate of drug-likeness (QED) is 0.0587. The van der Waals surface area contributed by atoms with Crippen molar-refractivity contribution >= 4 is 34.2 Å². The van der Waals surface area contributed by atoms with E-state index in [1.165, 1.54) is 6.92 Å². The maximum absolute atomic E-state index is 11.0. The third-order valence-corrected chi connectivity index (χ3v) is 6.43. The third kappa shape index (κ3) is 35.2. The Balaban J connectivity index is 1.65. The molecule has 1 rings (SSSR count). The molecule has 0 spiro atoms. The molecule has 1 aromatic rings. The van der Waals surface area contributed by atoms with Gasteiger partial charge in [0, 0.05) is 17.0 Å². The minimum Gasteiger partial charge on any atom is -0.491 e. The number of rotatable bonds is 40. The number of ether oxygens (including phenoxy) is 13. The summed E-state index contributed by atoms with van der Waals surface area (Å²) in [5.74, 6) is 0.608. The fraction of sp³-hybridized carbons (Fsp3) is 0.794. The molecular weight excluding hydrogens is 773 g/mol. The average Bonchev–Trinajstić information content (AvgIpc) is 3.11. The lowest BCUT2D eigenvalue weighted by Crippen LogP contribution is -2.15. The van der Waals surface area contributed by atoms with E-state index in [-0.39, 0.29) is 5.91 Å². The molecule has 0 unspecified atom stereocenters. The van der Waals surface area contributed by atoms with Crippen LogP contribution in [0, 0.1) is 0 Å². The molecule has 0 heterocycles. The van der Waals surface area contributed by atoms with Gasteiger partial charge in [0.15, 0.2) is 0 Å². The number of hydrogen-bond donors (Lipinski definition) is 1. The Morgan fingerprint density at radius 2 is 0.660 bits per heavy atom. The molecule has 15 nitrogen and oxygen atoms in total. The second kappa shape index (κ2) is 39.0. The zero-order valence-corrected chi connectivity index (χ0v) is 31.9. The van der Waals surface area contributed by atoms with Gasteiger partial charge in [0.1, 0.15) is 12.4 Å². The maximum Gasteiger partial charge on any atom is 0.221 e. The molecule has 1 amide bonds. The van der Waals surface area contributed by atoms with E-state index in [4.69, 9.17) is 61.6 Å². The van der Waals surface area contributed by atoms with Crippen LogP contribution < -0.4 is 10.1 Å². The van der Waals surface area contributed by atoms with Gasteiger partial charge in [-0.05, 0) is 24.3 Å². The maximum atomic E-state index is 11.0. The van der Waals surface area contributed by atoms with Crippen molar-refractivity contribution in [1.29, 1.82) is 0 Å². The monoisotopic (exact) mass is 833 g/mol. The number of amides is 1. The van der Waals surface area contributed by atoms with Gasteiger partial charge in [0.25, 0.3) is 0 Å². The molecular formula is C34H60INO14. The summed E-state index contributed by atoms with van der Waals surface area (Å²) >= 11 is 2.28. The normalized spacial score (nSPS) is 11.3. The Hall–Kier alpha value is -1.26. The topological polar surface area (TPSA) is 149 Å².